The standard InChI is InChI=1S/C13H19FN2/c1-2-15-9-11-6-7-16(10-11)13-5-3-4-12(14)8-13/h3-5,8,11,15H,2,6-7,9-10H2,1H3. The van der Waals surface area contributed by atoms with Crippen LogP contribution in [-0.4, -0.2) is 26.2 Å². The summed E-state index contributed by atoms with van der Waals surface area (Å²) in [4.78, 5) is 2.27. The minimum Gasteiger partial charge on any atom is -0.371 e. The van der Waals surface area contributed by atoms with Crippen LogP contribution in [0.2, 0.25) is 0 Å². The fraction of sp³-hybridized carbons (Fsp3) is 0.538. The Kier molecular flexibility index (Phi) is 3.78. The number of halogens is 1. The molecule has 1 N–H and O–H groups in total. The molecule has 0 radical (unpaired) electrons. The van der Waals surface area contributed by atoms with Gasteiger partial charge in [0.1, 0.15) is 5.82 Å². The van der Waals surface area contributed by atoms with Gasteiger partial charge in [0.05, 0.1) is 0 Å². The van der Waals surface area contributed by atoms with Gasteiger partial charge in [-0.1, -0.05) is 13.0 Å². The molecule has 0 bridgehead atoms. The molecule has 1 unspecified atom stereocenters. The van der Waals surface area contributed by atoms with Crippen LogP contribution in [0.3, 0.4) is 0 Å². The molecule has 1 heterocycles. The fourth-order valence-corrected chi connectivity index (χ4v) is 2.26. The molecule has 1 fully saturated rings. The molecule has 0 aliphatic carbocycles. The largest absolute Gasteiger partial charge is 0.371 e. The number of anilines is 1. The number of nitrogens with one attached hydrogen (secondary N) is 1. The third-order valence-electron chi connectivity index (χ3n) is 3.14. The molecule has 0 amide bonds. The first-order valence-electron chi connectivity index (χ1n) is 6.01. The molecule has 1 aromatic rings. The molecule has 3 heteroatoms. The van der Waals surface area contributed by atoms with Gasteiger partial charge >= 0.3 is 0 Å². The predicted molar refractivity (Wildman–Crippen MR) is 65.3 cm³/mol. The van der Waals surface area contributed by atoms with Crippen molar-refractivity contribution in [2.45, 2.75) is 13.3 Å². The molecule has 2 rings (SSSR count). The van der Waals surface area contributed by atoms with Crippen molar-refractivity contribution in [3.63, 3.8) is 0 Å². The Bertz CT molecular complexity index is 340. The van der Waals surface area contributed by atoms with Gasteiger partial charge in [0.15, 0.2) is 0 Å². The van der Waals surface area contributed by atoms with Crippen LogP contribution in [-0.2, 0) is 0 Å². The molecule has 16 heavy (non-hydrogen) atoms. The maximum atomic E-state index is 13.1. The zero-order valence-corrected chi connectivity index (χ0v) is 9.75. The van der Waals surface area contributed by atoms with E-state index in [1.807, 2.05) is 6.07 Å². The molecule has 1 aromatic carbocycles. The Morgan fingerprint density at radius 3 is 3.12 bits per heavy atom. The summed E-state index contributed by atoms with van der Waals surface area (Å²) in [5.74, 6) is 0.552. The summed E-state index contributed by atoms with van der Waals surface area (Å²) in [5.41, 5.74) is 1.01. The quantitative estimate of drug-likeness (QED) is 0.840. The number of nitrogens with zero attached hydrogens (tertiary/aromatic N) is 1. The third kappa shape index (κ3) is 2.73. The zero-order chi connectivity index (χ0) is 11.4. The van der Waals surface area contributed by atoms with Crippen LogP contribution in [0.25, 0.3) is 0 Å². The van der Waals surface area contributed by atoms with Crippen LogP contribution in [0, 0.1) is 11.7 Å². The maximum absolute atomic E-state index is 13.1. The number of benzene rings is 1. The number of hydrogen-bond acceptors (Lipinski definition) is 2. The molecular weight excluding hydrogens is 203 g/mol. The van der Waals surface area contributed by atoms with Crippen LogP contribution >= 0.6 is 0 Å². The summed E-state index contributed by atoms with van der Waals surface area (Å²) in [5, 5.41) is 3.37. The van der Waals surface area contributed by atoms with E-state index in [-0.39, 0.29) is 5.82 Å². The van der Waals surface area contributed by atoms with Crippen molar-refractivity contribution in [2.75, 3.05) is 31.1 Å². The van der Waals surface area contributed by atoms with Gasteiger partial charge in [0.25, 0.3) is 0 Å². The van der Waals surface area contributed by atoms with Crippen LogP contribution in [0.4, 0.5) is 10.1 Å². The van der Waals surface area contributed by atoms with Crippen molar-refractivity contribution in [1.82, 2.24) is 5.32 Å². The van der Waals surface area contributed by atoms with Gasteiger partial charge < -0.3 is 10.2 Å². The van der Waals surface area contributed by atoms with Gasteiger partial charge in [-0.3, -0.25) is 0 Å². The van der Waals surface area contributed by atoms with Crippen LogP contribution < -0.4 is 10.2 Å². The van der Waals surface area contributed by atoms with Gasteiger partial charge in [0, 0.05) is 18.8 Å². The Morgan fingerprint density at radius 2 is 2.38 bits per heavy atom. The van der Waals surface area contributed by atoms with E-state index < -0.39 is 0 Å². The van der Waals surface area contributed by atoms with Crippen LogP contribution in [0.1, 0.15) is 13.3 Å². The lowest BCUT2D eigenvalue weighted by molar-refractivity contribution is 0.527. The highest BCUT2D eigenvalue weighted by Crippen LogP contribution is 2.23. The highest BCUT2D eigenvalue weighted by Gasteiger charge is 2.22. The van der Waals surface area contributed by atoms with E-state index in [0.29, 0.717) is 5.92 Å². The van der Waals surface area contributed by atoms with Crippen molar-refractivity contribution >= 4 is 5.69 Å². The highest BCUT2D eigenvalue weighted by atomic mass is 19.1. The maximum Gasteiger partial charge on any atom is 0.125 e. The highest BCUT2D eigenvalue weighted by molar-refractivity contribution is 5.47. The number of hydrogen-bond donors (Lipinski definition) is 1. The summed E-state index contributed by atoms with van der Waals surface area (Å²) < 4.78 is 13.1. The molecule has 88 valence electrons. The summed E-state index contributed by atoms with van der Waals surface area (Å²) in [6.07, 6.45) is 1.20. The van der Waals surface area contributed by atoms with E-state index in [1.165, 1.54) is 12.5 Å². The van der Waals surface area contributed by atoms with E-state index >= 15 is 0 Å². The summed E-state index contributed by atoms with van der Waals surface area (Å²) >= 11 is 0. The lowest BCUT2D eigenvalue weighted by Gasteiger charge is -2.18. The normalized spacial score (nSPS) is 20.4. The van der Waals surface area contributed by atoms with Crippen molar-refractivity contribution in [3.8, 4) is 0 Å². The molecule has 2 nitrogen and oxygen atoms in total. The van der Waals surface area contributed by atoms with Gasteiger partial charge in [-0.2, -0.15) is 0 Å². The molecule has 1 aliphatic heterocycles. The van der Waals surface area contributed by atoms with E-state index in [9.17, 15) is 4.39 Å². The summed E-state index contributed by atoms with van der Waals surface area (Å²) in [6, 6.07) is 6.88. The Balaban J connectivity index is 1.93. The van der Waals surface area contributed by atoms with Crippen LogP contribution in [0.15, 0.2) is 24.3 Å². The molecule has 0 aromatic heterocycles. The molecule has 0 saturated carbocycles. The SMILES string of the molecule is CCNCC1CCN(c2cccc(F)c2)C1. The average molecular weight is 222 g/mol. The van der Waals surface area contributed by atoms with E-state index in [0.717, 1.165) is 31.9 Å². The van der Waals surface area contributed by atoms with Gasteiger partial charge in [-0.25, -0.2) is 4.39 Å². The minimum absolute atomic E-state index is 0.146. The molecule has 0 spiro atoms. The first-order valence-corrected chi connectivity index (χ1v) is 6.01. The number of rotatable bonds is 4. The molecule has 1 atom stereocenters. The lowest BCUT2D eigenvalue weighted by Crippen LogP contribution is -2.26. The Morgan fingerprint density at radius 1 is 1.50 bits per heavy atom. The third-order valence-corrected chi connectivity index (χ3v) is 3.14. The predicted octanol–water partition coefficient (Wildman–Crippen LogP) is 2.26. The van der Waals surface area contributed by atoms with E-state index in [1.54, 1.807) is 12.1 Å². The first-order chi connectivity index (χ1) is 7.79. The Hall–Kier alpha value is -1.09. The lowest BCUT2D eigenvalue weighted by atomic mass is 10.1. The average Bonchev–Trinajstić information content (AvgIpc) is 2.75. The second-order valence-electron chi connectivity index (χ2n) is 4.39. The fourth-order valence-electron chi connectivity index (χ4n) is 2.26. The zero-order valence-electron chi connectivity index (χ0n) is 9.75. The van der Waals surface area contributed by atoms with Crippen LogP contribution in [0.5, 0.6) is 0 Å². The van der Waals surface area contributed by atoms with E-state index in [2.05, 4.69) is 17.1 Å². The van der Waals surface area contributed by atoms with Crippen molar-refractivity contribution in [2.24, 2.45) is 5.92 Å². The van der Waals surface area contributed by atoms with Crippen molar-refractivity contribution in [1.29, 1.82) is 0 Å². The van der Waals surface area contributed by atoms with Gasteiger partial charge in [0.2, 0.25) is 0 Å². The molecule has 1 saturated heterocycles. The monoisotopic (exact) mass is 222 g/mol. The van der Waals surface area contributed by atoms with Gasteiger partial charge in [-0.15, -0.1) is 0 Å². The summed E-state index contributed by atoms with van der Waals surface area (Å²) in [7, 11) is 0. The second-order valence-corrected chi connectivity index (χ2v) is 4.39. The molecule has 1 aliphatic rings. The minimum atomic E-state index is -0.146. The molecular formula is C13H19FN2. The topological polar surface area (TPSA) is 15.3 Å². The summed E-state index contributed by atoms with van der Waals surface area (Å²) in [6.45, 7) is 6.30. The van der Waals surface area contributed by atoms with Crippen molar-refractivity contribution in [3.05, 3.63) is 30.1 Å². The van der Waals surface area contributed by atoms with Gasteiger partial charge in [-0.05, 0) is 43.6 Å². The van der Waals surface area contributed by atoms with Crippen molar-refractivity contribution < 1.29 is 4.39 Å². The first kappa shape index (κ1) is 11.4. The van der Waals surface area contributed by atoms with E-state index in [4.69, 9.17) is 0 Å². The second kappa shape index (κ2) is 5.30. The Labute approximate surface area is 96.5 Å². The smallest absolute Gasteiger partial charge is 0.125 e.